The van der Waals surface area contributed by atoms with Gasteiger partial charge in [-0.25, -0.2) is 22.9 Å². The van der Waals surface area contributed by atoms with E-state index in [0.717, 1.165) is 26.9 Å². The van der Waals surface area contributed by atoms with E-state index < -0.39 is 28.1 Å². The molecule has 0 aliphatic carbocycles. The van der Waals surface area contributed by atoms with Crippen molar-refractivity contribution in [2.75, 3.05) is 7.11 Å². The number of amides is 1. The van der Waals surface area contributed by atoms with Crippen LogP contribution in [0, 0.1) is 0 Å². The lowest BCUT2D eigenvalue weighted by Gasteiger charge is -2.28. The van der Waals surface area contributed by atoms with Gasteiger partial charge in [0.15, 0.2) is 5.78 Å². The third-order valence-electron chi connectivity index (χ3n) is 7.96. The maximum absolute atomic E-state index is 14.1. The molecule has 0 aliphatic rings. The minimum absolute atomic E-state index is 0.0192. The molecule has 0 bridgehead atoms. The number of carbonyl (C=O) groups is 2. The maximum atomic E-state index is 14.1. The fraction of sp³-hybridized carbons (Fsp3) is 0.257. The predicted molar refractivity (Wildman–Crippen MR) is 179 cm³/mol. The first-order chi connectivity index (χ1) is 22.3. The summed E-state index contributed by atoms with van der Waals surface area (Å²) in [5.41, 5.74) is 5.63. The van der Waals surface area contributed by atoms with Gasteiger partial charge < -0.3 is 10.1 Å². The maximum Gasteiger partial charge on any atom is 0.407 e. The molecule has 0 radical (unpaired) electrons. The molecular weight excluding hydrogens is 621 g/mol. The Morgan fingerprint density at radius 2 is 1.61 bits per heavy atom. The molecule has 238 valence electrons. The molecular formula is C35H36N4O5S2. The molecule has 2 heterocycles. The van der Waals surface area contributed by atoms with Gasteiger partial charge in [0.2, 0.25) is 10.0 Å². The number of thiazole rings is 1. The average Bonchev–Trinajstić information content (AvgIpc) is 3.56. The van der Waals surface area contributed by atoms with Crippen LogP contribution in [0.15, 0.2) is 108 Å². The van der Waals surface area contributed by atoms with Gasteiger partial charge in [0.25, 0.3) is 0 Å². The number of ketones is 1. The molecule has 2 atom stereocenters. The number of sulfonamides is 1. The van der Waals surface area contributed by atoms with Gasteiger partial charge in [-0.3, -0.25) is 9.78 Å². The number of aromatic nitrogens is 2. The van der Waals surface area contributed by atoms with Gasteiger partial charge in [-0.1, -0.05) is 73.7 Å². The molecule has 0 aliphatic heterocycles. The summed E-state index contributed by atoms with van der Waals surface area (Å²) in [7, 11) is -2.49. The molecule has 0 fully saturated rings. The van der Waals surface area contributed by atoms with Crippen LogP contribution in [-0.4, -0.2) is 49.5 Å². The van der Waals surface area contributed by atoms with E-state index in [2.05, 4.69) is 20.0 Å². The number of hydrogen-bond acceptors (Lipinski definition) is 8. The topological polar surface area (TPSA) is 127 Å². The molecule has 46 heavy (non-hydrogen) atoms. The van der Waals surface area contributed by atoms with E-state index in [1.54, 1.807) is 36.0 Å². The van der Waals surface area contributed by atoms with Gasteiger partial charge in [-0.2, -0.15) is 0 Å². The minimum atomic E-state index is -3.76. The smallest absolute Gasteiger partial charge is 0.407 e. The second kappa shape index (κ2) is 15.2. The van der Waals surface area contributed by atoms with Crippen LogP contribution in [0.3, 0.4) is 0 Å². The van der Waals surface area contributed by atoms with E-state index in [1.165, 1.54) is 18.4 Å². The van der Waals surface area contributed by atoms with E-state index >= 15 is 0 Å². The number of Topliss-reactive ketones (excluding diaryl/α,β-unsaturated/α-hetero) is 1. The number of alkyl carbamates (subject to hydrolysis) is 1. The van der Waals surface area contributed by atoms with Gasteiger partial charge in [0.05, 0.1) is 27.7 Å². The number of nitrogens with one attached hydrogen (secondary N) is 2. The first-order valence-electron chi connectivity index (χ1n) is 15.0. The monoisotopic (exact) mass is 656 g/mol. The number of methoxy groups -OCH3 is 1. The Bertz CT molecular complexity index is 1840. The molecule has 0 unspecified atom stereocenters. The van der Waals surface area contributed by atoms with Crippen molar-refractivity contribution < 1.29 is 22.7 Å². The summed E-state index contributed by atoms with van der Waals surface area (Å²) < 4.78 is 35.1. The van der Waals surface area contributed by atoms with Crippen LogP contribution < -0.4 is 10.0 Å². The summed E-state index contributed by atoms with van der Waals surface area (Å²) in [6, 6.07) is 26.5. The highest BCUT2D eigenvalue weighted by atomic mass is 32.2. The molecule has 2 aromatic heterocycles. The Hall–Kier alpha value is -4.45. The number of nitrogens with zero attached hydrogens (tertiary/aromatic N) is 2. The summed E-state index contributed by atoms with van der Waals surface area (Å²) in [5, 5.41) is 2.80. The highest BCUT2D eigenvalue weighted by Crippen LogP contribution is 2.30. The fourth-order valence-corrected chi connectivity index (χ4v) is 7.71. The van der Waals surface area contributed by atoms with Gasteiger partial charge in [-0.15, -0.1) is 11.3 Å². The largest absolute Gasteiger partial charge is 0.453 e. The van der Waals surface area contributed by atoms with Gasteiger partial charge in [0.1, 0.15) is 6.04 Å². The van der Waals surface area contributed by atoms with Crippen LogP contribution in [-0.2, 0) is 32.4 Å². The van der Waals surface area contributed by atoms with Crippen LogP contribution in [0.2, 0.25) is 0 Å². The molecule has 0 spiro atoms. The molecule has 0 saturated carbocycles. The molecule has 11 heteroatoms. The Morgan fingerprint density at radius 3 is 2.26 bits per heavy atom. The Labute approximate surface area is 273 Å². The van der Waals surface area contributed by atoms with Gasteiger partial charge in [0, 0.05) is 30.3 Å². The van der Waals surface area contributed by atoms with Crippen molar-refractivity contribution in [2.45, 2.75) is 55.5 Å². The number of rotatable bonds is 14. The van der Waals surface area contributed by atoms with Gasteiger partial charge in [-0.05, 0) is 60.2 Å². The third kappa shape index (κ3) is 8.03. The number of carbonyl (C=O) groups excluding carboxylic acids is 2. The molecule has 9 nitrogen and oxygen atoms in total. The summed E-state index contributed by atoms with van der Waals surface area (Å²) in [5.74, 6) is -0.666. The minimum Gasteiger partial charge on any atom is -0.453 e. The number of ether oxygens (including phenoxy) is 1. The lowest BCUT2D eigenvalue weighted by Crippen LogP contribution is -2.46. The fourth-order valence-electron chi connectivity index (χ4n) is 5.54. The second-order valence-electron chi connectivity index (χ2n) is 10.9. The Balaban J connectivity index is 1.35. The molecule has 3 aromatic carbocycles. The van der Waals surface area contributed by atoms with Crippen molar-refractivity contribution in [3.8, 4) is 0 Å². The van der Waals surface area contributed by atoms with Gasteiger partial charge >= 0.3 is 6.09 Å². The van der Waals surface area contributed by atoms with Crippen LogP contribution >= 0.6 is 11.3 Å². The number of fused-ring (bicyclic) bond motifs is 1. The lowest BCUT2D eigenvalue weighted by atomic mass is 9.81. The highest BCUT2D eigenvalue weighted by Gasteiger charge is 2.33. The summed E-state index contributed by atoms with van der Waals surface area (Å²) in [6.45, 7) is 1.93. The summed E-state index contributed by atoms with van der Waals surface area (Å²) in [4.78, 5) is 35.7. The van der Waals surface area contributed by atoms with Crippen LogP contribution in [0.5, 0.6) is 0 Å². The van der Waals surface area contributed by atoms with Crippen molar-refractivity contribution >= 4 is 43.5 Å². The van der Waals surface area contributed by atoms with Crippen LogP contribution in [0.25, 0.3) is 10.2 Å². The van der Waals surface area contributed by atoms with E-state index in [1.807, 2.05) is 73.7 Å². The highest BCUT2D eigenvalue weighted by molar-refractivity contribution is 7.89. The molecule has 5 aromatic rings. The van der Waals surface area contributed by atoms with Crippen molar-refractivity contribution in [1.82, 2.24) is 20.0 Å². The Kier molecular flexibility index (Phi) is 10.9. The van der Waals surface area contributed by atoms with Crippen molar-refractivity contribution in [3.63, 3.8) is 0 Å². The first kappa shape index (κ1) is 32.9. The third-order valence-corrected chi connectivity index (χ3v) is 10.3. The SMILES string of the molecule is CC[C@H](CCc1ncccc1CC(=O)[C@@H](NC(=O)OC)C(c1ccccc1)c1ccccc1)NS(=O)(=O)c1ccc2ncsc2c1. The van der Waals surface area contributed by atoms with Crippen molar-refractivity contribution in [1.29, 1.82) is 0 Å². The quantitative estimate of drug-likeness (QED) is 0.149. The molecule has 1 amide bonds. The summed E-state index contributed by atoms with van der Waals surface area (Å²) >= 11 is 1.39. The van der Waals surface area contributed by atoms with Crippen molar-refractivity contribution in [3.05, 3.63) is 125 Å². The standard InChI is InChI=1S/C35H36N4O5S2/c1-3-27(39-46(42,43)28-17-19-30-32(22-28)45-23-37-30)16-18-29-26(15-10-20-36-29)21-31(40)34(38-35(41)44-2)33(24-11-6-4-7-12-24)25-13-8-5-9-14-25/h4-15,17,19-20,22-23,27,33-34,39H,3,16,18,21H2,1-2H3,(H,38,41)/t27-,34-/m1/s1. The first-order valence-corrected chi connectivity index (χ1v) is 17.4. The second-order valence-corrected chi connectivity index (χ2v) is 13.5. The van der Waals surface area contributed by atoms with E-state index in [0.29, 0.717) is 25.0 Å². The number of aryl methyl sites for hydroxylation is 1. The van der Waals surface area contributed by atoms with E-state index in [4.69, 9.17) is 4.74 Å². The predicted octanol–water partition coefficient (Wildman–Crippen LogP) is 6.05. The molecule has 2 N–H and O–H groups in total. The van der Waals surface area contributed by atoms with Crippen LogP contribution in [0.1, 0.15) is 48.1 Å². The zero-order chi connectivity index (χ0) is 32.5. The van der Waals surface area contributed by atoms with Crippen molar-refractivity contribution in [2.24, 2.45) is 0 Å². The molecule has 0 saturated heterocycles. The Morgan fingerprint density at radius 1 is 0.913 bits per heavy atom. The van der Waals surface area contributed by atoms with E-state index in [-0.39, 0.29) is 23.1 Å². The average molecular weight is 657 g/mol. The summed E-state index contributed by atoms with van der Waals surface area (Å²) in [6.07, 6.45) is 2.50. The number of benzene rings is 3. The number of pyridine rings is 1. The molecule has 5 rings (SSSR count). The number of hydrogen-bond donors (Lipinski definition) is 2. The zero-order valence-electron chi connectivity index (χ0n) is 25.6. The normalized spacial score (nSPS) is 12.9. The lowest BCUT2D eigenvalue weighted by molar-refractivity contribution is -0.120. The van der Waals surface area contributed by atoms with Crippen LogP contribution in [0.4, 0.5) is 4.79 Å². The van der Waals surface area contributed by atoms with E-state index in [9.17, 15) is 18.0 Å². The zero-order valence-corrected chi connectivity index (χ0v) is 27.3.